The minimum Gasteiger partial charge on any atom is -0.481 e. The first-order valence-electron chi connectivity index (χ1n) is 4.10. The van der Waals surface area contributed by atoms with Gasteiger partial charge in [-0.1, -0.05) is 6.07 Å². The molecule has 0 aliphatic carbocycles. The van der Waals surface area contributed by atoms with Crippen molar-refractivity contribution in [2.75, 3.05) is 6.54 Å². The molecule has 0 fully saturated rings. The Morgan fingerprint density at radius 3 is 2.73 bits per heavy atom. The summed E-state index contributed by atoms with van der Waals surface area (Å²) in [6, 6.07) is 3.80. The van der Waals surface area contributed by atoms with E-state index in [1.807, 2.05) is 12.1 Å². The van der Waals surface area contributed by atoms with E-state index in [4.69, 9.17) is 5.11 Å². The number of nitrogens with zero attached hydrogens (tertiary/aromatic N) is 1. The third-order valence-corrected chi connectivity index (χ3v) is 1.57. The van der Waals surface area contributed by atoms with Gasteiger partial charge < -0.3 is 10.4 Å². The van der Waals surface area contributed by atoms with Gasteiger partial charge in [0.25, 0.3) is 0 Å². The lowest BCUT2D eigenvalue weighted by Gasteiger charge is -2.01. The molecule has 0 unspecified atom stereocenters. The molecule has 1 rings (SSSR count). The highest BCUT2D eigenvalue weighted by Crippen LogP contribution is 1.93. The van der Waals surface area contributed by atoms with Crippen LogP contribution in [0.2, 0.25) is 0 Å². The van der Waals surface area contributed by atoms with Crippen molar-refractivity contribution in [3.8, 4) is 0 Å². The van der Waals surface area contributed by atoms with Crippen LogP contribution in [-0.2, 0) is 11.3 Å². The smallest absolute Gasteiger partial charge is 0.304 e. The molecule has 1 aromatic rings. The highest BCUT2D eigenvalue weighted by atomic mass is 35.5. The fourth-order valence-corrected chi connectivity index (χ4v) is 0.931. The molecule has 0 aliphatic heterocycles. The Bertz CT molecular complexity index is 270. The highest BCUT2D eigenvalue weighted by molar-refractivity contribution is 5.85. The highest BCUT2D eigenvalue weighted by Gasteiger charge is 1.95. The van der Waals surface area contributed by atoms with Crippen molar-refractivity contribution in [1.29, 1.82) is 0 Å². The van der Waals surface area contributed by atoms with Gasteiger partial charge in [0, 0.05) is 25.5 Å². The number of pyridine rings is 1. The second-order valence-electron chi connectivity index (χ2n) is 2.68. The van der Waals surface area contributed by atoms with E-state index in [2.05, 4.69) is 10.3 Å². The monoisotopic (exact) mass is 252 g/mol. The molecule has 0 saturated heterocycles. The number of rotatable bonds is 5. The van der Waals surface area contributed by atoms with Crippen molar-refractivity contribution in [2.45, 2.75) is 13.0 Å². The van der Waals surface area contributed by atoms with E-state index >= 15 is 0 Å². The van der Waals surface area contributed by atoms with Gasteiger partial charge in [-0.2, -0.15) is 0 Å². The van der Waals surface area contributed by atoms with Crippen LogP contribution in [0.1, 0.15) is 12.0 Å². The maximum Gasteiger partial charge on any atom is 0.304 e. The van der Waals surface area contributed by atoms with Crippen LogP contribution in [0.25, 0.3) is 0 Å². The van der Waals surface area contributed by atoms with Crippen LogP contribution >= 0.6 is 24.8 Å². The number of carboxylic acid groups (broad SMARTS) is 1. The Labute approximate surface area is 101 Å². The van der Waals surface area contributed by atoms with Crippen molar-refractivity contribution in [3.05, 3.63) is 30.1 Å². The molecule has 0 bridgehead atoms. The van der Waals surface area contributed by atoms with Crippen molar-refractivity contribution in [2.24, 2.45) is 0 Å². The summed E-state index contributed by atoms with van der Waals surface area (Å²) in [4.78, 5) is 14.1. The molecule has 2 N–H and O–H groups in total. The third-order valence-electron chi connectivity index (χ3n) is 1.57. The van der Waals surface area contributed by atoms with Gasteiger partial charge in [-0.25, -0.2) is 0 Å². The van der Waals surface area contributed by atoms with Gasteiger partial charge in [-0.3, -0.25) is 9.78 Å². The molecule has 15 heavy (non-hydrogen) atoms. The summed E-state index contributed by atoms with van der Waals surface area (Å²) in [5, 5.41) is 11.4. The number of hydrogen-bond acceptors (Lipinski definition) is 3. The summed E-state index contributed by atoms with van der Waals surface area (Å²) < 4.78 is 0. The third kappa shape index (κ3) is 8.17. The molecule has 6 heteroatoms. The number of carboxylic acids is 1. The van der Waals surface area contributed by atoms with E-state index < -0.39 is 5.97 Å². The Kier molecular flexibility index (Phi) is 10.7. The van der Waals surface area contributed by atoms with Crippen LogP contribution in [0.5, 0.6) is 0 Å². The molecule has 4 nitrogen and oxygen atoms in total. The summed E-state index contributed by atoms with van der Waals surface area (Å²) in [5.41, 5.74) is 1.06. The Hall–Kier alpha value is -0.840. The van der Waals surface area contributed by atoms with Crippen molar-refractivity contribution < 1.29 is 9.90 Å². The zero-order chi connectivity index (χ0) is 9.52. The molecule has 1 aromatic heterocycles. The molecule has 0 amide bonds. The quantitative estimate of drug-likeness (QED) is 0.780. The summed E-state index contributed by atoms with van der Waals surface area (Å²) in [7, 11) is 0. The summed E-state index contributed by atoms with van der Waals surface area (Å²) in [5.74, 6) is -0.779. The molecule has 0 aliphatic rings. The molecule has 0 atom stereocenters. The SMILES string of the molecule is Cl.Cl.O=C(O)CCNCc1cccnc1. The largest absolute Gasteiger partial charge is 0.481 e. The first kappa shape index (κ1) is 16.6. The average Bonchev–Trinajstić information content (AvgIpc) is 2.14. The summed E-state index contributed by atoms with van der Waals surface area (Å²) >= 11 is 0. The van der Waals surface area contributed by atoms with Crippen LogP contribution in [-0.4, -0.2) is 22.6 Å². The van der Waals surface area contributed by atoms with Crippen molar-refractivity contribution in [3.63, 3.8) is 0 Å². The number of hydrogen-bond donors (Lipinski definition) is 2. The van der Waals surface area contributed by atoms with Gasteiger partial charge in [-0.15, -0.1) is 24.8 Å². The topological polar surface area (TPSA) is 62.2 Å². The molecular weight excluding hydrogens is 239 g/mol. The lowest BCUT2D eigenvalue weighted by atomic mass is 10.3. The first-order chi connectivity index (χ1) is 6.29. The summed E-state index contributed by atoms with van der Waals surface area (Å²) in [6.45, 7) is 1.16. The van der Waals surface area contributed by atoms with Crippen LogP contribution in [0.15, 0.2) is 24.5 Å². The van der Waals surface area contributed by atoms with Crippen LogP contribution in [0.4, 0.5) is 0 Å². The molecule has 0 saturated carbocycles. The van der Waals surface area contributed by atoms with Gasteiger partial charge in [0.15, 0.2) is 0 Å². The van der Waals surface area contributed by atoms with E-state index in [0.29, 0.717) is 13.1 Å². The van der Waals surface area contributed by atoms with Gasteiger partial charge in [0.1, 0.15) is 0 Å². The molecule has 86 valence electrons. The second-order valence-corrected chi connectivity index (χ2v) is 2.68. The summed E-state index contributed by atoms with van der Waals surface area (Å²) in [6.07, 6.45) is 3.62. The molecule has 0 aromatic carbocycles. The predicted octanol–water partition coefficient (Wildman–Crippen LogP) is 1.49. The molecular formula is C9H14Cl2N2O2. The lowest BCUT2D eigenvalue weighted by Crippen LogP contribution is -2.17. The number of aromatic nitrogens is 1. The first-order valence-corrected chi connectivity index (χ1v) is 4.10. The van der Waals surface area contributed by atoms with E-state index in [-0.39, 0.29) is 31.2 Å². The zero-order valence-electron chi connectivity index (χ0n) is 8.05. The van der Waals surface area contributed by atoms with E-state index in [0.717, 1.165) is 5.56 Å². The minimum absolute atomic E-state index is 0. The van der Waals surface area contributed by atoms with Crippen LogP contribution in [0, 0.1) is 0 Å². The number of aliphatic carboxylic acids is 1. The minimum atomic E-state index is -0.779. The Morgan fingerprint density at radius 1 is 1.47 bits per heavy atom. The lowest BCUT2D eigenvalue weighted by molar-refractivity contribution is -0.136. The zero-order valence-corrected chi connectivity index (χ0v) is 9.68. The van der Waals surface area contributed by atoms with E-state index in [9.17, 15) is 4.79 Å². The number of carbonyl (C=O) groups is 1. The maximum atomic E-state index is 10.2. The molecule has 1 heterocycles. The second kappa shape index (κ2) is 9.71. The van der Waals surface area contributed by atoms with Gasteiger partial charge in [-0.05, 0) is 11.6 Å². The molecule has 0 spiro atoms. The van der Waals surface area contributed by atoms with Crippen LogP contribution < -0.4 is 5.32 Å². The average molecular weight is 253 g/mol. The fraction of sp³-hybridized carbons (Fsp3) is 0.333. The Morgan fingerprint density at radius 2 is 2.20 bits per heavy atom. The van der Waals surface area contributed by atoms with Crippen molar-refractivity contribution >= 4 is 30.8 Å². The van der Waals surface area contributed by atoms with Crippen LogP contribution in [0.3, 0.4) is 0 Å². The normalized spacial score (nSPS) is 8.53. The number of halogens is 2. The Balaban J connectivity index is 0. The van der Waals surface area contributed by atoms with Gasteiger partial charge in [0.05, 0.1) is 6.42 Å². The predicted molar refractivity (Wildman–Crippen MR) is 62.7 cm³/mol. The van der Waals surface area contributed by atoms with E-state index in [1.54, 1.807) is 12.4 Å². The van der Waals surface area contributed by atoms with Gasteiger partial charge in [0.2, 0.25) is 0 Å². The molecule has 0 radical (unpaired) electrons. The van der Waals surface area contributed by atoms with Crippen molar-refractivity contribution in [1.82, 2.24) is 10.3 Å². The van der Waals surface area contributed by atoms with Gasteiger partial charge >= 0.3 is 5.97 Å². The standard InChI is InChI=1S/C9H12N2O2.2ClH/c12-9(13)3-5-11-7-8-2-1-4-10-6-8;;/h1-2,4,6,11H,3,5,7H2,(H,12,13);2*1H. The fourth-order valence-electron chi connectivity index (χ4n) is 0.931. The van der Waals surface area contributed by atoms with E-state index in [1.165, 1.54) is 0 Å². The number of nitrogens with one attached hydrogen (secondary N) is 1. The maximum absolute atomic E-state index is 10.2.